The number of carbonyl (C=O) groups is 1. The zero-order valence-corrected chi connectivity index (χ0v) is 6.10. The molecule has 1 heteroatoms. The molecule has 1 nitrogen and oxygen atoms in total. The van der Waals surface area contributed by atoms with Crippen LogP contribution >= 0.6 is 0 Å². The Kier molecular flexibility index (Phi) is 0.704. The number of hydrogen-bond acceptors (Lipinski definition) is 1. The average molecular weight is 136 g/mol. The van der Waals surface area contributed by atoms with Crippen LogP contribution in [0.2, 0.25) is 0 Å². The second kappa shape index (κ2) is 1.32. The van der Waals surface area contributed by atoms with Crippen molar-refractivity contribution in [2.24, 2.45) is 17.3 Å². The first-order valence-corrected chi connectivity index (χ1v) is 4.36. The predicted octanol–water partition coefficient (Wildman–Crippen LogP) is 1.77. The van der Waals surface area contributed by atoms with Crippen LogP contribution in [0.4, 0.5) is 0 Å². The first-order valence-electron chi connectivity index (χ1n) is 4.36. The van der Waals surface area contributed by atoms with Gasteiger partial charge in [-0.1, -0.05) is 0 Å². The summed E-state index contributed by atoms with van der Waals surface area (Å²) in [4.78, 5) is 11.3. The summed E-state index contributed by atoms with van der Waals surface area (Å²) in [5.41, 5.74) is 0.594. The monoisotopic (exact) mass is 136 g/mol. The highest BCUT2D eigenvalue weighted by molar-refractivity contribution is 5.86. The topological polar surface area (TPSA) is 17.1 Å². The Balaban J connectivity index is 2.07. The van der Waals surface area contributed by atoms with Gasteiger partial charge in [-0.25, -0.2) is 0 Å². The van der Waals surface area contributed by atoms with Gasteiger partial charge in [0.1, 0.15) is 5.78 Å². The Morgan fingerprint density at radius 1 is 1.30 bits per heavy atom. The molecule has 0 heterocycles. The third kappa shape index (κ3) is 0.388. The second-order valence-electron chi connectivity index (χ2n) is 4.23. The highest BCUT2D eigenvalue weighted by Crippen LogP contribution is 2.69. The molecular formula is C9H12O. The molecule has 1 spiro atoms. The van der Waals surface area contributed by atoms with Gasteiger partial charge in [0.2, 0.25) is 0 Å². The summed E-state index contributed by atoms with van der Waals surface area (Å²) in [6.07, 6.45) is 6.26. The summed E-state index contributed by atoms with van der Waals surface area (Å²) in [5, 5.41) is 0. The van der Waals surface area contributed by atoms with Crippen molar-refractivity contribution in [1.82, 2.24) is 0 Å². The summed E-state index contributed by atoms with van der Waals surface area (Å²) in [5.74, 6) is 1.94. The largest absolute Gasteiger partial charge is 0.299 e. The van der Waals surface area contributed by atoms with E-state index in [1.54, 1.807) is 0 Å². The maximum atomic E-state index is 11.3. The van der Waals surface area contributed by atoms with Gasteiger partial charge in [-0.3, -0.25) is 4.79 Å². The van der Waals surface area contributed by atoms with Crippen LogP contribution in [0.15, 0.2) is 0 Å². The summed E-state index contributed by atoms with van der Waals surface area (Å²) < 4.78 is 0. The number of rotatable bonds is 0. The van der Waals surface area contributed by atoms with Crippen molar-refractivity contribution in [3.8, 4) is 0 Å². The molecule has 0 amide bonds. The molecule has 0 unspecified atom stereocenters. The molecule has 2 bridgehead atoms. The second-order valence-corrected chi connectivity index (χ2v) is 4.23. The maximum absolute atomic E-state index is 11.3. The van der Waals surface area contributed by atoms with E-state index in [1.165, 1.54) is 25.7 Å². The molecule has 3 rings (SSSR count). The number of Topliss-reactive ketones (excluding diaryl/α,β-unsaturated/α-hetero) is 1. The Morgan fingerprint density at radius 2 is 2.10 bits per heavy atom. The smallest absolute Gasteiger partial charge is 0.136 e. The van der Waals surface area contributed by atoms with Crippen LogP contribution in [0, 0.1) is 17.3 Å². The molecule has 2 atom stereocenters. The van der Waals surface area contributed by atoms with Gasteiger partial charge in [0.25, 0.3) is 0 Å². The molecule has 54 valence electrons. The van der Waals surface area contributed by atoms with Crippen LogP contribution in [0.5, 0.6) is 0 Å². The summed E-state index contributed by atoms with van der Waals surface area (Å²) >= 11 is 0. The molecular weight excluding hydrogens is 124 g/mol. The standard InChI is InChI=1S/C9H12O/c10-8-5-6-1-2-7(8)9(6)3-4-9/h6-7H,1-5H2/t6-,7+/m0/s1. The fourth-order valence-corrected chi connectivity index (χ4v) is 3.30. The van der Waals surface area contributed by atoms with Crippen molar-refractivity contribution in [3.63, 3.8) is 0 Å². The van der Waals surface area contributed by atoms with E-state index in [0.29, 0.717) is 17.1 Å². The molecule has 3 saturated carbocycles. The quantitative estimate of drug-likeness (QED) is 0.496. The molecule has 10 heavy (non-hydrogen) atoms. The van der Waals surface area contributed by atoms with Crippen molar-refractivity contribution in [1.29, 1.82) is 0 Å². The van der Waals surface area contributed by atoms with Gasteiger partial charge in [0.05, 0.1) is 0 Å². The zero-order chi connectivity index (χ0) is 6.77. The maximum Gasteiger partial charge on any atom is 0.136 e. The van der Waals surface area contributed by atoms with Crippen LogP contribution in [0.3, 0.4) is 0 Å². The lowest BCUT2D eigenvalue weighted by molar-refractivity contribution is -0.122. The van der Waals surface area contributed by atoms with Crippen molar-refractivity contribution in [2.45, 2.75) is 32.1 Å². The molecule has 0 aliphatic heterocycles. The third-order valence-electron chi connectivity index (χ3n) is 3.97. The van der Waals surface area contributed by atoms with Crippen LogP contribution in [0.1, 0.15) is 32.1 Å². The number of carbonyl (C=O) groups excluding carboxylic acids is 1. The lowest BCUT2D eigenvalue weighted by Crippen LogP contribution is -2.11. The van der Waals surface area contributed by atoms with E-state index in [9.17, 15) is 4.79 Å². The Labute approximate surface area is 60.8 Å². The normalized spacial score (nSPS) is 47.0. The lowest BCUT2D eigenvalue weighted by Gasteiger charge is -2.08. The van der Waals surface area contributed by atoms with Crippen LogP contribution in [-0.2, 0) is 4.79 Å². The van der Waals surface area contributed by atoms with Gasteiger partial charge in [0, 0.05) is 12.3 Å². The van der Waals surface area contributed by atoms with Gasteiger partial charge < -0.3 is 0 Å². The minimum absolute atomic E-state index is 0.525. The van der Waals surface area contributed by atoms with Gasteiger partial charge >= 0.3 is 0 Å². The predicted molar refractivity (Wildman–Crippen MR) is 37.5 cm³/mol. The molecule has 3 fully saturated rings. The van der Waals surface area contributed by atoms with E-state index in [1.807, 2.05) is 0 Å². The van der Waals surface area contributed by atoms with E-state index >= 15 is 0 Å². The summed E-state index contributed by atoms with van der Waals surface area (Å²) in [7, 11) is 0. The van der Waals surface area contributed by atoms with Crippen molar-refractivity contribution < 1.29 is 4.79 Å². The van der Waals surface area contributed by atoms with Gasteiger partial charge in [-0.05, 0) is 37.0 Å². The molecule has 0 aromatic rings. The number of ketones is 1. The molecule has 0 aromatic carbocycles. The minimum Gasteiger partial charge on any atom is -0.299 e. The van der Waals surface area contributed by atoms with Gasteiger partial charge in [0.15, 0.2) is 0 Å². The van der Waals surface area contributed by atoms with Crippen LogP contribution in [-0.4, -0.2) is 5.78 Å². The van der Waals surface area contributed by atoms with Crippen LogP contribution in [0.25, 0.3) is 0 Å². The molecule has 0 N–H and O–H groups in total. The summed E-state index contributed by atoms with van der Waals surface area (Å²) in [6.45, 7) is 0. The van der Waals surface area contributed by atoms with E-state index in [-0.39, 0.29) is 0 Å². The highest BCUT2D eigenvalue weighted by atomic mass is 16.1. The molecule has 0 saturated heterocycles. The fraction of sp³-hybridized carbons (Fsp3) is 0.889. The summed E-state index contributed by atoms with van der Waals surface area (Å²) in [6, 6.07) is 0. The first-order chi connectivity index (χ1) is 4.83. The van der Waals surface area contributed by atoms with E-state index in [0.717, 1.165) is 12.3 Å². The molecule has 3 aliphatic carbocycles. The molecule has 0 aromatic heterocycles. The molecule has 3 aliphatic rings. The van der Waals surface area contributed by atoms with Gasteiger partial charge in [-0.15, -0.1) is 0 Å². The fourth-order valence-electron chi connectivity index (χ4n) is 3.30. The van der Waals surface area contributed by atoms with E-state index < -0.39 is 0 Å². The first kappa shape index (κ1) is 5.34. The average Bonchev–Trinajstić information content (AvgIpc) is 2.55. The third-order valence-corrected chi connectivity index (χ3v) is 3.97. The lowest BCUT2D eigenvalue weighted by atomic mass is 9.94. The van der Waals surface area contributed by atoms with E-state index in [4.69, 9.17) is 0 Å². The van der Waals surface area contributed by atoms with E-state index in [2.05, 4.69) is 0 Å². The number of hydrogen-bond donors (Lipinski definition) is 0. The SMILES string of the molecule is O=C1C[C@@H]2CC[C@H]1C21CC1. The molecule has 0 radical (unpaired) electrons. The van der Waals surface area contributed by atoms with Crippen LogP contribution < -0.4 is 0 Å². The zero-order valence-electron chi connectivity index (χ0n) is 6.10. The van der Waals surface area contributed by atoms with Gasteiger partial charge in [-0.2, -0.15) is 0 Å². The Bertz CT molecular complexity index is 203. The highest BCUT2D eigenvalue weighted by Gasteiger charge is 2.64. The van der Waals surface area contributed by atoms with Crippen molar-refractivity contribution in [2.75, 3.05) is 0 Å². The van der Waals surface area contributed by atoms with Crippen molar-refractivity contribution >= 4 is 5.78 Å². The Hall–Kier alpha value is -0.330. The minimum atomic E-state index is 0.525. The Morgan fingerprint density at radius 3 is 2.40 bits per heavy atom. The van der Waals surface area contributed by atoms with Crippen molar-refractivity contribution in [3.05, 3.63) is 0 Å².